The summed E-state index contributed by atoms with van der Waals surface area (Å²) in [6.07, 6.45) is 2.00. The molecular weight excluding hydrogens is 279 g/mol. The van der Waals surface area contributed by atoms with Crippen LogP contribution in [0.2, 0.25) is 0 Å². The molecule has 20 heavy (non-hydrogen) atoms. The lowest BCUT2D eigenvalue weighted by atomic mass is 10.0. The van der Waals surface area contributed by atoms with E-state index in [1.54, 1.807) is 0 Å². The molecule has 0 aromatic heterocycles. The van der Waals surface area contributed by atoms with Crippen molar-refractivity contribution in [3.8, 4) is 0 Å². The summed E-state index contributed by atoms with van der Waals surface area (Å²) in [4.78, 5) is -0.0714. The molecule has 114 valence electrons. The number of sulfonamides is 1. The van der Waals surface area contributed by atoms with Crippen LogP contribution in [0.3, 0.4) is 0 Å². The summed E-state index contributed by atoms with van der Waals surface area (Å²) in [5.74, 6) is 0.0463. The zero-order valence-corrected chi connectivity index (χ0v) is 13.2. The van der Waals surface area contributed by atoms with E-state index in [2.05, 4.69) is 23.9 Å². The lowest BCUT2D eigenvalue weighted by Crippen LogP contribution is -2.20. The quantitative estimate of drug-likeness (QED) is 0.814. The highest BCUT2D eigenvalue weighted by molar-refractivity contribution is 7.89. The minimum Gasteiger partial charge on any atom is -0.380 e. The van der Waals surface area contributed by atoms with Crippen LogP contribution in [0, 0.1) is 11.7 Å². The smallest absolute Gasteiger partial charge is 0.240 e. The third kappa shape index (κ3) is 4.76. The summed E-state index contributed by atoms with van der Waals surface area (Å²) in [7, 11) is -2.31. The van der Waals surface area contributed by atoms with Gasteiger partial charge in [-0.1, -0.05) is 13.8 Å². The molecule has 1 atom stereocenters. The van der Waals surface area contributed by atoms with Crippen molar-refractivity contribution in [1.29, 1.82) is 0 Å². The predicted molar refractivity (Wildman–Crippen MR) is 79.8 cm³/mol. The number of benzene rings is 1. The third-order valence-corrected chi connectivity index (χ3v) is 4.51. The minimum absolute atomic E-state index is 0.0714. The van der Waals surface area contributed by atoms with Gasteiger partial charge in [0.05, 0.1) is 10.6 Å². The van der Waals surface area contributed by atoms with Gasteiger partial charge in [-0.25, -0.2) is 17.5 Å². The molecule has 4 nitrogen and oxygen atoms in total. The van der Waals surface area contributed by atoms with Gasteiger partial charge >= 0.3 is 0 Å². The summed E-state index contributed by atoms with van der Waals surface area (Å²) < 4.78 is 39.2. The van der Waals surface area contributed by atoms with Gasteiger partial charge < -0.3 is 5.32 Å². The zero-order valence-electron chi connectivity index (χ0n) is 12.4. The van der Waals surface area contributed by atoms with E-state index in [4.69, 9.17) is 0 Å². The lowest BCUT2D eigenvalue weighted by Gasteiger charge is -2.17. The van der Waals surface area contributed by atoms with Crippen LogP contribution >= 0.6 is 0 Å². The lowest BCUT2D eigenvalue weighted by molar-refractivity contribution is 0.525. The Morgan fingerprint density at radius 1 is 1.20 bits per heavy atom. The molecule has 0 aliphatic carbocycles. The molecule has 0 fully saturated rings. The number of hydrogen-bond donors (Lipinski definition) is 2. The second-order valence-electron chi connectivity index (χ2n) is 5.37. The Hall–Kier alpha value is -1.14. The maximum Gasteiger partial charge on any atom is 0.240 e. The summed E-state index contributed by atoms with van der Waals surface area (Å²) in [5, 5.41) is 3.07. The molecule has 2 N–H and O–H groups in total. The molecule has 0 heterocycles. The summed E-state index contributed by atoms with van der Waals surface area (Å²) in [5.41, 5.74) is 0.330. The Kier molecular flexibility index (Phi) is 5.95. The Morgan fingerprint density at radius 2 is 1.85 bits per heavy atom. The van der Waals surface area contributed by atoms with Crippen LogP contribution < -0.4 is 10.0 Å². The normalized spacial score (nSPS) is 13.5. The van der Waals surface area contributed by atoms with E-state index < -0.39 is 15.8 Å². The minimum atomic E-state index is -3.61. The number of anilines is 1. The summed E-state index contributed by atoms with van der Waals surface area (Å²) in [6, 6.07) is 4.03. The van der Waals surface area contributed by atoms with Crippen LogP contribution in [0.15, 0.2) is 23.1 Å². The van der Waals surface area contributed by atoms with Crippen LogP contribution in [-0.2, 0) is 10.0 Å². The second-order valence-corrected chi connectivity index (χ2v) is 7.25. The average Bonchev–Trinajstić information content (AvgIpc) is 2.38. The molecule has 0 spiro atoms. The van der Waals surface area contributed by atoms with Crippen LogP contribution in [0.5, 0.6) is 0 Å². The van der Waals surface area contributed by atoms with Gasteiger partial charge in [0.1, 0.15) is 5.82 Å². The zero-order chi connectivity index (χ0) is 15.3. The van der Waals surface area contributed by atoms with Crippen molar-refractivity contribution in [2.24, 2.45) is 5.92 Å². The topological polar surface area (TPSA) is 58.2 Å². The van der Waals surface area contributed by atoms with Gasteiger partial charge in [-0.2, -0.15) is 0 Å². The first-order valence-corrected chi connectivity index (χ1v) is 8.24. The number of rotatable bonds is 7. The van der Waals surface area contributed by atoms with Crippen molar-refractivity contribution in [1.82, 2.24) is 4.72 Å². The van der Waals surface area contributed by atoms with Gasteiger partial charge in [0, 0.05) is 6.04 Å². The Balaban J connectivity index is 2.79. The number of halogens is 1. The van der Waals surface area contributed by atoms with Crippen LogP contribution in [-0.4, -0.2) is 21.5 Å². The van der Waals surface area contributed by atoms with Crippen LogP contribution in [0.25, 0.3) is 0 Å². The first-order valence-electron chi connectivity index (χ1n) is 6.76. The Bertz CT molecular complexity index is 544. The van der Waals surface area contributed by atoms with E-state index in [1.165, 1.54) is 19.2 Å². The summed E-state index contributed by atoms with van der Waals surface area (Å²) >= 11 is 0. The summed E-state index contributed by atoms with van der Waals surface area (Å²) in [6.45, 7) is 6.27. The Labute approximate surface area is 120 Å². The molecule has 1 aromatic carbocycles. The number of hydrogen-bond acceptors (Lipinski definition) is 3. The van der Waals surface area contributed by atoms with E-state index in [0.717, 1.165) is 18.9 Å². The fourth-order valence-electron chi connectivity index (χ4n) is 1.82. The van der Waals surface area contributed by atoms with Gasteiger partial charge in [0.2, 0.25) is 10.0 Å². The highest BCUT2D eigenvalue weighted by atomic mass is 32.2. The highest BCUT2D eigenvalue weighted by Crippen LogP contribution is 2.20. The predicted octanol–water partition coefficient (Wildman–Crippen LogP) is 2.97. The van der Waals surface area contributed by atoms with E-state index in [-0.39, 0.29) is 10.9 Å². The fourth-order valence-corrected chi connectivity index (χ4v) is 2.56. The molecule has 0 bridgehead atoms. The van der Waals surface area contributed by atoms with Gasteiger partial charge in [-0.3, -0.25) is 0 Å². The van der Waals surface area contributed by atoms with Gasteiger partial charge in [-0.05, 0) is 50.9 Å². The SMILES string of the molecule is CNS(=O)(=O)c1ccc(NC(C)CCC(C)C)c(F)c1. The van der Waals surface area contributed by atoms with Crippen molar-refractivity contribution in [2.75, 3.05) is 12.4 Å². The standard InChI is InChI=1S/C14H23FN2O2S/c1-10(2)5-6-11(3)17-14-8-7-12(9-13(14)15)20(18,19)16-4/h7-11,16-17H,5-6H2,1-4H3. The highest BCUT2D eigenvalue weighted by Gasteiger charge is 2.15. The first-order chi connectivity index (χ1) is 9.26. The van der Waals surface area contributed by atoms with Crippen molar-refractivity contribution in [2.45, 2.75) is 44.6 Å². The second kappa shape index (κ2) is 7.04. The van der Waals surface area contributed by atoms with Gasteiger partial charge in [0.25, 0.3) is 0 Å². The molecule has 6 heteroatoms. The van der Waals surface area contributed by atoms with E-state index in [9.17, 15) is 12.8 Å². The monoisotopic (exact) mass is 302 g/mol. The molecular formula is C14H23FN2O2S. The van der Waals surface area contributed by atoms with E-state index in [0.29, 0.717) is 11.6 Å². The molecule has 0 aliphatic rings. The van der Waals surface area contributed by atoms with Gasteiger partial charge in [0.15, 0.2) is 0 Å². The van der Waals surface area contributed by atoms with E-state index >= 15 is 0 Å². The van der Waals surface area contributed by atoms with Gasteiger partial charge in [-0.15, -0.1) is 0 Å². The molecule has 1 aromatic rings. The molecule has 0 aliphatic heterocycles. The van der Waals surface area contributed by atoms with E-state index in [1.807, 2.05) is 6.92 Å². The van der Waals surface area contributed by atoms with Crippen LogP contribution in [0.1, 0.15) is 33.6 Å². The van der Waals surface area contributed by atoms with Crippen molar-refractivity contribution in [3.05, 3.63) is 24.0 Å². The molecule has 1 rings (SSSR count). The molecule has 1 unspecified atom stereocenters. The third-order valence-electron chi connectivity index (χ3n) is 3.10. The molecule has 0 amide bonds. The first kappa shape index (κ1) is 16.9. The van der Waals surface area contributed by atoms with Crippen LogP contribution in [0.4, 0.5) is 10.1 Å². The maximum atomic E-state index is 13.9. The largest absolute Gasteiger partial charge is 0.380 e. The maximum absolute atomic E-state index is 13.9. The van der Waals surface area contributed by atoms with Crippen molar-refractivity contribution in [3.63, 3.8) is 0 Å². The molecule has 0 saturated heterocycles. The fraction of sp³-hybridized carbons (Fsp3) is 0.571. The Morgan fingerprint density at radius 3 is 2.35 bits per heavy atom. The molecule has 0 radical (unpaired) electrons. The average molecular weight is 302 g/mol. The van der Waals surface area contributed by atoms with Crippen molar-refractivity contribution >= 4 is 15.7 Å². The van der Waals surface area contributed by atoms with Crippen molar-refractivity contribution < 1.29 is 12.8 Å². The number of nitrogens with one attached hydrogen (secondary N) is 2. The molecule has 0 saturated carbocycles.